The third kappa shape index (κ3) is 4.22. The summed E-state index contributed by atoms with van der Waals surface area (Å²) >= 11 is 5.89. The molecule has 1 aromatic heterocycles. The molecule has 0 N–H and O–H groups in total. The van der Waals surface area contributed by atoms with Crippen molar-refractivity contribution in [3.8, 4) is 11.1 Å². The highest BCUT2D eigenvalue weighted by Gasteiger charge is 2.38. The molecule has 0 fully saturated rings. The van der Waals surface area contributed by atoms with Crippen LogP contribution in [0.3, 0.4) is 0 Å². The van der Waals surface area contributed by atoms with Crippen molar-refractivity contribution in [2.45, 2.75) is 19.6 Å². The number of carbonyl (C=O) groups is 1. The number of nitrogens with zero attached hydrogens (tertiary/aromatic N) is 1. The number of hydrogen-bond acceptors (Lipinski definition) is 2. The zero-order valence-electron chi connectivity index (χ0n) is 15.0. The Kier molecular flexibility index (Phi) is 5.79. The molecule has 0 radical (unpaired) electrons. The van der Waals surface area contributed by atoms with Crippen molar-refractivity contribution in [2.75, 3.05) is 6.61 Å². The summed E-state index contributed by atoms with van der Waals surface area (Å²) in [6.45, 7) is 1.54. The number of alkyl halides is 3. The molecule has 0 unspecified atom stereocenters. The summed E-state index contributed by atoms with van der Waals surface area (Å²) in [7, 11) is 0. The van der Waals surface area contributed by atoms with E-state index in [0.29, 0.717) is 16.1 Å². The van der Waals surface area contributed by atoms with Gasteiger partial charge in [0, 0.05) is 17.1 Å². The molecule has 7 heteroatoms. The van der Waals surface area contributed by atoms with Crippen LogP contribution in [0.4, 0.5) is 13.2 Å². The quantitative estimate of drug-likeness (QED) is 0.482. The van der Waals surface area contributed by atoms with E-state index < -0.39 is 17.8 Å². The first-order valence-electron chi connectivity index (χ1n) is 8.59. The summed E-state index contributed by atoms with van der Waals surface area (Å²) in [5.41, 5.74) is 0.185. The predicted octanol–water partition coefficient (Wildman–Crippen LogP) is 6.05. The summed E-state index contributed by atoms with van der Waals surface area (Å²) in [4.78, 5) is 12.6. The molecule has 0 bridgehead atoms. The maximum Gasteiger partial charge on any atom is 0.431 e. The van der Waals surface area contributed by atoms with Crippen molar-refractivity contribution in [2.24, 2.45) is 0 Å². The smallest absolute Gasteiger partial charge is 0.431 e. The molecule has 28 heavy (non-hydrogen) atoms. The van der Waals surface area contributed by atoms with Gasteiger partial charge in [0.15, 0.2) is 0 Å². The number of halogens is 4. The van der Waals surface area contributed by atoms with Gasteiger partial charge in [-0.25, -0.2) is 4.79 Å². The molecule has 0 spiro atoms. The van der Waals surface area contributed by atoms with E-state index in [1.165, 1.54) is 0 Å². The number of hydrogen-bond donors (Lipinski definition) is 0. The van der Waals surface area contributed by atoms with Crippen LogP contribution in [0.1, 0.15) is 28.7 Å². The SMILES string of the molecule is CCOC(=O)c1c(-c2ccc(Cl)cc2)cc(C(F)(F)F)n1Cc1ccccc1. The zero-order chi connectivity index (χ0) is 20.3. The van der Waals surface area contributed by atoms with Crippen molar-refractivity contribution in [1.29, 1.82) is 0 Å². The van der Waals surface area contributed by atoms with Gasteiger partial charge in [-0.1, -0.05) is 54.1 Å². The highest BCUT2D eigenvalue weighted by Crippen LogP contribution is 2.38. The topological polar surface area (TPSA) is 31.2 Å². The van der Waals surface area contributed by atoms with E-state index in [1.807, 2.05) is 0 Å². The minimum absolute atomic E-state index is 0.0523. The lowest BCUT2D eigenvalue weighted by atomic mass is 10.1. The van der Waals surface area contributed by atoms with Crippen LogP contribution in [0.15, 0.2) is 60.7 Å². The van der Waals surface area contributed by atoms with Crippen molar-refractivity contribution in [3.05, 3.63) is 82.6 Å². The van der Waals surface area contributed by atoms with Gasteiger partial charge in [-0.05, 0) is 36.2 Å². The molecular formula is C21H17ClF3NO2. The molecule has 3 rings (SSSR count). The fourth-order valence-corrected chi connectivity index (χ4v) is 3.11. The molecule has 0 aliphatic heterocycles. The lowest BCUT2D eigenvalue weighted by Crippen LogP contribution is -2.19. The maximum atomic E-state index is 13.8. The van der Waals surface area contributed by atoms with Crippen LogP contribution in [0.2, 0.25) is 5.02 Å². The van der Waals surface area contributed by atoms with Crippen LogP contribution in [0.5, 0.6) is 0 Å². The number of ether oxygens (including phenoxy) is 1. The summed E-state index contributed by atoms with van der Waals surface area (Å²) in [5, 5.41) is 0.446. The summed E-state index contributed by atoms with van der Waals surface area (Å²) in [5.74, 6) is -0.807. The Morgan fingerprint density at radius 1 is 1.07 bits per heavy atom. The van der Waals surface area contributed by atoms with Gasteiger partial charge in [0.1, 0.15) is 11.4 Å². The van der Waals surface area contributed by atoms with Crippen LogP contribution >= 0.6 is 11.6 Å². The van der Waals surface area contributed by atoms with Gasteiger partial charge in [0.05, 0.1) is 6.61 Å². The molecule has 0 aliphatic carbocycles. The third-order valence-electron chi connectivity index (χ3n) is 4.19. The van der Waals surface area contributed by atoms with Crippen LogP contribution < -0.4 is 0 Å². The maximum absolute atomic E-state index is 13.8. The van der Waals surface area contributed by atoms with E-state index in [0.717, 1.165) is 10.6 Å². The monoisotopic (exact) mass is 407 g/mol. The van der Waals surface area contributed by atoms with Gasteiger partial charge in [-0.2, -0.15) is 13.2 Å². The second-order valence-corrected chi connectivity index (χ2v) is 6.53. The van der Waals surface area contributed by atoms with E-state index >= 15 is 0 Å². The average Bonchev–Trinajstić information content (AvgIpc) is 3.03. The Hall–Kier alpha value is -2.73. The summed E-state index contributed by atoms with van der Waals surface area (Å²) < 4.78 is 47.4. The van der Waals surface area contributed by atoms with Crippen molar-refractivity contribution in [1.82, 2.24) is 4.57 Å². The summed E-state index contributed by atoms with van der Waals surface area (Å²) in [6, 6.07) is 15.9. The second-order valence-electron chi connectivity index (χ2n) is 6.09. The third-order valence-corrected chi connectivity index (χ3v) is 4.45. The molecule has 0 saturated heterocycles. The van der Waals surface area contributed by atoms with E-state index in [2.05, 4.69) is 0 Å². The van der Waals surface area contributed by atoms with Gasteiger partial charge >= 0.3 is 12.1 Å². The van der Waals surface area contributed by atoms with Crippen LogP contribution in [-0.2, 0) is 17.5 Å². The number of aromatic nitrogens is 1. The van der Waals surface area contributed by atoms with Crippen molar-refractivity contribution >= 4 is 17.6 Å². The molecule has 2 aromatic carbocycles. The first kappa shape index (κ1) is 20.0. The van der Waals surface area contributed by atoms with E-state index in [-0.39, 0.29) is 24.4 Å². The average molecular weight is 408 g/mol. The highest BCUT2D eigenvalue weighted by molar-refractivity contribution is 6.30. The lowest BCUT2D eigenvalue weighted by Gasteiger charge is -2.15. The molecule has 0 saturated carbocycles. The largest absolute Gasteiger partial charge is 0.461 e. The molecule has 0 amide bonds. The lowest BCUT2D eigenvalue weighted by molar-refractivity contribution is -0.143. The fraction of sp³-hybridized carbons (Fsp3) is 0.190. The van der Waals surface area contributed by atoms with E-state index in [1.54, 1.807) is 61.5 Å². The number of rotatable bonds is 5. The second kappa shape index (κ2) is 8.10. The van der Waals surface area contributed by atoms with Gasteiger partial charge in [0.25, 0.3) is 0 Å². The van der Waals surface area contributed by atoms with Gasteiger partial charge in [-0.3, -0.25) is 0 Å². The molecule has 146 valence electrons. The highest BCUT2D eigenvalue weighted by atomic mass is 35.5. The number of benzene rings is 2. The standard InChI is InChI=1S/C21H17ClF3NO2/c1-2-28-20(27)19-17(15-8-10-16(22)11-9-15)12-18(21(23,24)25)26(19)13-14-6-4-3-5-7-14/h3-12H,2,13H2,1H3. The minimum atomic E-state index is -4.64. The first-order valence-corrected chi connectivity index (χ1v) is 8.96. The zero-order valence-corrected chi connectivity index (χ0v) is 15.7. The Labute approximate surface area is 165 Å². The van der Waals surface area contributed by atoms with Crippen LogP contribution in [0.25, 0.3) is 11.1 Å². The van der Waals surface area contributed by atoms with Gasteiger partial charge < -0.3 is 9.30 Å². The Balaban J connectivity index is 2.24. The molecule has 3 nitrogen and oxygen atoms in total. The normalized spacial score (nSPS) is 11.5. The van der Waals surface area contributed by atoms with Gasteiger partial charge in [-0.15, -0.1) is 0 Å². The molecule has 3 aromatic rings. The van der Waals surface area contributed by atoms with E-state index in [9.17, 15) is 18.0 Å². The Morgan fingerprint density at radius 2 is 1.71 bits per heavy atom. The van der Waals surface area contributed by atoms with Crippen LogP contribution in [-0.4, -0.2) is 17.1 Å². The number of esters is 1. The minimum Gasteiger partial charge on any atom is -0.461 e. The molecule has 0 atom stereocenters. The van der Waals surface area contributed by atoms with E-state index in [4.69, 9.17) is 16.3 Å². The van der Waals surface area contributed by atoms with Crippen molar-refractivity contribution in [3.63, 3.8) is 0 Å². The summed E-state index contributed by atoms with van der Waals surface area (Å²) in [6.07, 6.45) is -4.64. The predicted molar refractivity (Wildman–Crippen MR) is 101 cm³/mol. The molecule has 1 heterocycles. The molecular weight excluding hydrogens is 391 g/mol. The number of carbonyl (C=O) groups excluding carboxylic acids is 1. The van der Waals surface area contributed by atoms with Gasteiger partial charge in [0.2, 0.25) is 0 Å². The Bertz CT molecular complexity index is 964. The first-order chi connectivity index (χ1) is 13.3. The van der Waals surface area contributed by atoms with Crippen LogP contribution in [0, 0.1) is 0 Å². The van der Waals surface area contributed by atoms with Crippen molar-refractivity contribution < 1.29 is 22.7 Å². The fourth-order valence-electron chi connectivity index (χ4n) is 2.98. The Morgan fingerprint density at radius 3 is 2.29 bits per heavy atom. The molecule has 0 aliphatic rings.